The minimum absolute atomic E-state index is 0.154. The van der Waals surface area contributed by atoms with Crippen molar-refractivity contribution in [2.24, 2.45) is 0 Å². The molecule has 0 unspecified atom stereocenters. The van der Waals surface area contributed by atoms with Crippen molar-refractivity contribution in [1.82, 2.24) is 0 Å². The average Bonchev–Trinajstić information content (AvgIpc) is 3.11. The van der Waals surface area contributed by atoms with Crippen LogP contribution >= 0.6 is 0 Å². The highest BCUT2D eigenvalue weighted by Crippen LogP contribution is 2.50. The molecule has 0 nitrogen and oxygen atoms in total. The smallest absolute Gasteiger partial charge is 0.0622 e. The van der Waals surface area contributed by atoms with Gasteiger partial charge in [-0.25, -0.2) is 0 Å². The molecule has 8 aromatic rings. The van der Waals surface area contributed by atoms with Gasteiger partial charge in [0.1, 0.15) is 0 Å². The number of hydrogen-bond acceptors (Lipinski definition) is 0. The fourth-order valence-electron chi connectivity index (χ4n) is 7.52. The van der Waals surface area contributed by atoms with Gasteiger partial charge in [0.15, 0.2) is 0 Å². The van der Waals surface area contributed by atoms with Gasteiger partial charge in [-0.1, -0.05) is 147 Å². The van der Waals surface area contributed by atoms with Crippen molar-refractivity contribution in [2.75, 3.05) is 0 Å². The van der Waals surface area contributed by atoms with Crippen LogP contribution in [0.2, 0.25) is 0 Å². The number of benzene rings is 8. The second kappa shape index (κ2) is 8.90. The van der Waals surface area contributed by atoms with Crippen molar-refractivity contribution in [3.63, 3.8) is 0 Å². The van der Waals surface area contributed by atoms with E-state index < -0.39 is 0 Å². The second-order valence-corrected chi connectivity index (χ2v) is 12.1. The summed E-state index contributed by atoms with van der Waals surface area (Å²) in [5.41, 5.74) is 8.18. The highest BCUT2D eigenvalue weighted by molar-refractivity contribution is 6.22. The van der Waals surface area contributed by atoms with E-state index in [2.05, 4.69) is 111 Å². The van der Waals surface area contributed by atoms with Crippen molar-refractivity contribution < 1.29 is 6.85 Å². The maximum atomic E-state index is 8.68. The molecular formula is C43H30. The third-order valence-electron chi connectivity index (χ3n) is 9.52. The Balaban J connectivity index is 1.35. The fraction of sp³-hybridized carbons (Fsp3) is 0.0698. The normalized spacial score (nSPS) is 15.2. The molecule has 0 saturated heterocycles. The van der Waals surface area contributed by atoms with E-state index in [1.165, 1.54) is 38.4 Å². The molecule has 0 saturated carbocycles. The molecule has 0 radical (unpaired) electrons. The van der Waals surface area contributed by atoms with E-state index in [-0.39, 0.29) is 41.2 Å². The van der Waals surface area contributed by atoms with E-state index in [1.54, 1.807) is 0 Å². The van der Waals surface area contributed by atoms with Crippen LogP contribution < -0.4 is 0 Å². The van der Waals surface area contributed by atoms with Gasteiger partial charge in [-0.05, 0) is 99.7 Å². The Morgan fingerprint density at radius 2 is 1.19 bits per heavy atom. The number of hydrogen-bond donors (Lipinski definition) is 0. The Hall–Kier alpha value is -5.20. The monoisotopic (exact) mass is 551 g/mol. The first-order chi connectivity index (χ1) is 23.2. The molecule has 1 aliphatic carbocycles. The highest BCUT2D eigenvalue weighted by Gasteiger charge is 2.33. The molecule has 0 fully saturated rings. The van der Waals surface area contributed by atoms with Gasteiger partial charge in [-0.2, -0.15) is 0 Å². The Morgan fingerprint density at radius 1 is 0.465 bits per heavy atom. The Morgan fingerprint density at radius 3 is 2.07 bits per heavy atom. The van der Waals surface area contributed by atoms with E-state index >= 15 is 0 Å². The van der Waals surface area contributed by atoms with Gasteiger partial charge in [-0.3, -0.25) is 0 Å². The molecule has 0 heterocycles. The van der Waals surface area contributed by atoms with Crippen LogP contribution in [-0.4, -0.2) is 0 Å². The average molecular weight is 552 g/mol. The van der Waals surface area contributed by atoms with Crippen LogP contribution in [-0.2, 0) is 5.41 Å². The Labute approximate surface area is 258 Å². The lowest BCUT2D eigenvalue weighted by molar-refractivity contribution is 0.645. The van der Waals surface area contributed by atoms with Gasteiger partial charge in [-0.15, -0.1) is 0 Å². The van der Waals surface area contributed by atoms with Crippen LogP contribution in [0.25, 0.3) is 76.5 Å². The van der Waals surface area contributed by atoms with Crippen LogP contribution in [0.4, 0.5) is 0 Å². The molecule has 0 aliphatic heterocycles. The molecule has 8 aromatic carbocycles. The van der Waals surface area contributed by atoms with Crippen molar-refractivity contribution in [1.29, 1.82) is 0 Å². The lowest BCUT2D eigenvalue weighted by Crippen LogP contribution is -2.23. The van der Waals surface area contributed by atoms with E-state index in [1.807, 2.05) is 18.2 Å². The van der Waals surface area contributed by atoms with Crippen molar-refractivity contribution in [3.05, 3.63) is 157 Å². The molecule has 0 bridgehead atoms. The van der Waals surface area contributed by atoms with Crippen LogP contribution in [0.15, 0.2) is 145 Å². The lowest BCUT2D eigenvalue weighted by Gasteiger charge is -2.35. The summed E-state index contributed by atoms with van der Waals surface area (Å²) in [4.78, 5) is 0. The zero-order valence-electron chi connectivity index (χ0n) is 29.0. The van der Waals surface area contributed by atoms with Crippen LogP contribution in [0.3, 0.4) is 0 Å². The standard InChI is InChI=1S/C43H30/c1-43(2)39-24-21-30(26-38(39)35-19-8-14-28-15-9-20-40(43)42(28)35)41-32-16-7-6-13-29(32)25-37-33-18-10-17-31(27-11-4-3-5-12-27)34(33)22-23-36(37)41/h3-26H,1-2H3/i3D,4D,5D,11D,12D. The summed E-state index contributed by atoms with van der Waals surface area (Å²) >= 11 is 0. The maximum Gasteiger partial charge on any atom is 0.0629 e. The predicted molar refractivity (Wildman–Crippen MR) is 185 cm³/mol. The maximum absolute atomic E-state index is 8.68. The number of fused-ring (bicyclic) bond motifs is 6. The summed E-state index contributed by atoms with van der Waals surface area (Å²) in [7, 11) is 0. The summed E-state index contributed by atoms with van der Waals surface area (Å²) in [5.74, 6) is 0. The topological polar surface area (TPSA) is 0 Å². The molecular weight excluding hydrogens is 516 g/mol. The first-order valence-corrected chi connectivity index (χ1v) is 14.8. The summed E-state index contributed by atoms with van der Waals surface area (Å²) in [6, 6.07) is 39.5. The van der Waals surface area contributed by atoms with Gasteiger partial charge in [0.05, 0.1) is 6.85 Å². The van der Waals surface area contributed by atoms with Gasteiger partial charge < -0.3 is 0 Å². The molecule has 43 heavy (non-hydrogen) atoms. The molecule has 0 aromatic heterocycles. The van der Waals surface area contributed by atoms with E-state index in [0.29, 0.717) is 5.56 Å². The van der Waals surface area contributed by atoms with Gasteiger partial charge in [0, 0.05) is 5.41 Å². The highest BCUT2D eigenvalue weighted by atomic mass is 14.4. The molecule has 0 atom stereocenters. The third kappa shape index (κ3) is 3.44. The Kier molecular flexibility index (Phi) is 4.11. The minimum atomic E-state index is -0.385. The lowest BCUT2D eigenvalue weighted by atomic mass is 9.68. The quantitative estimate of drug-likeness (QED) is 0.148. The molecule has 202 valence electrons. The summed E-state index contributed by atoms with van der Waals surface area (Å²) in [5, 5.41) is 8.84. The zero-order chi connectivity index (χ0) is 33.1. The third-order valence-corrected chi connectivity index (χ3v) is 9.52. The molecule has 0 spiro atoms. The summed E-state index contributed by atoms with van der Waals surface area (Å²) in [6.07, 6.45) is 0. The van der Waals surface area contributed by atoms with E-state index in [9.17, 15) is 0 Å². The largest absolute Gasteiger partial charge is 0.0629 e. The van der Waals surface area contributed by atoms with Crippen LogP contribution in [0.5, 0.6) is 0 Å². The van der Waals surface area contributed by atoms with E-state index in [0.717, 1.165) is 38.1 Å². The molecule has 0 N–H and O–H groups in total. The van der Waals surface area contributed by atoms with Gasteiger partial charge >= 0.3 is 0 Å². The number of rotatable bonds is 2. The fourth-order valence-corrected chi connectivity index (χ4v) is 7.52. The van der Waals surface area contributed by atoms with Gasteiger partial charge in [0.2, 0.25) is 0 Å². The minimum Gasteiger partial charge on any atom is -0.0622 e. The molecule has 9 rings (SSSR count). The summed E-state index contributed by atoms with van der Waals surface area (Å²) in [6.45, 7) is 4.64. The van der Waals surface area contributed by atoms with Crippen molar-refractivity contribution in [2.45, 2.75) is 19.3 Å². The summed E-state index contributed by atoms with van der Waals surface area (Å²) < 4.78 is 42.1. The van der Waals surface area contributed by atoms with Crippen molar-refractivity contribution >= 4 is 43.1 Å². The van der Waals surface area contributed by atoms with Crippen LogP contribution in [0, 0.1) is 0 Å². The zero-order valence-corrected chi connectivity index (χ0v) is 24.0. The molecule has 0 heteroatoms. The second-order valence-electron chi connectivity index (χ2n) is 12.1. The first-order valence-electron chi connectivity index (χ1n) is 17.3. The molecule has 1 aliphatic rings. The van der Waals surface area contributed by atoms with Crippen LogP contribution in [0.1, 0.15) is 31.8 Å². The van der Waals surface area contributed by atoms with Crippen molar-refractivity contribution in [3.8, 4) is 33.4 Å². The predicted octanol–water partition coefficient (Wildman–Crippen LogP) is 11.9. The SMILES string of the molecule is [2H]c1c([2H])c([2H])c(-c2cccc3c2ccc2c(-c4ccc5c(c4)-c4cccc6cccc(c46)C5(C)C)c4ccccc4cc23)c([2H])c1[2H]. The Bertz CT molecular complexity index is 2670. The first kappa shape index (κ1) is 19.8. The van der Waals surface area contributed by atoms with E-state index in [4.69, 9.17) is 6.85 Å². The molecule has 0 amide bonds. The van der Waals surface area contributed by atoms with Gasteiger partial charge in [0.25, 0.3) is 0 Å².